The smallest absolute Gasteiger partial charge is 0.404 e. The van der Waals surface area contributed by atoms with Crippen LogP contribution in [0, 0.1) is 0 Å². The second-order valence-electron chi connectivity index (χ2n) is 8.95. The number of benzene rings is 2. The van der Waals surface area contributed by atoms with Crippen molar-refractivity contribution in [2.24, 2.45) is 5.73 Å². The predicted molar refractivity (Wildman–Crippen MR) is 144 cm³/mol. The summed E-state index contributed by atoms with van der Waals surface area (Å²) in [6.45, 7) is 3.54. The zero-order valence-corrected chi connectivity index (χ0v) is 22.0. The molecule has 0 saturated carbocycles. The van der Waals surface area contributed by atoms with E-state index in [4.69, 9.17) is 15.2 Å². The summed E-state index contributed by atoms with van der Waals surface area (Å²) in [4.78, 5) is 37.2. The number of aromatic nitrogens is 2. The highest BCUT2D eigenvalue weighted by Gasteiger charge is 2.30. The van der Waals surface area contributed by atoms with Crippen LogP contribution in [0.1, 0.15) is 34.8 Å². The SMILES string of the molecule is CSc1ncc2c(n1)N(C)CCN(c1cccc(CO[C@@](C)(CCOC(N)=O)c3ccccc3)c1)C2=O. The van der Waals surface area contributed by atoms with Crippen LogP contribution in [0.4, 0.5) is 16.3 Å². The highest BCUT2D eigenvalue weighted by molar-refractivity contribution is 7.98. The average Bonchev–Trinajstić information content (AvgIpc) is 3.03. The van der Waals surface area contributed by atoms with E-state index in [0.717, 1.165) is 16.8 Å². The molecule has 0 radical (unpaired) electrons. The monoisotopic (exact) mass is 521 g/mol. The molecule has 2 heterocycles. The quantitative estimate of drug-likeness (QED) is 0.329. The minimum Gasteiger partial charge on any atom is -0.450 e. The lowest BCUT2D eigenvalue weighted by atomic mass is 9.92. The van der Waals surface area contributed by atoms with E-state index in [1.165, 1.54) is 11.8 Å². The van der Waals surface area contributed by atoms with Crippen LogP contribution < -0.4 is 15.5 Å². The fourth-order valence-electron chi connectivity index (χ4n) is 4.24. The summed E-state index contributed by atoms with van der Waals surface area (Å²) >= 11 is 1.44. The Bertz CT molecular complexity index is 1260. The van der Waals surface area contributed by atoms with Gasteiger partial charge in [0.2, 0.25) is 0 Å². The molecular formula is C27H31N5O4S. The Labute approximate surface area is 221 Å². The second kappa shape index (κ2) is 11.6. The molecule has 1 aliphatic heterocycles. The molecule has 0 fully saturated rings. The number of nitrogens with zero attached hydrogens (tertiary/aromatic N) is 4. The molecule has 0 unspecified atom stereocenters. The Kier molecular flexibility index (Phi) is 8.30. The van der Waals surface area contributed by atoms with E-state index in [0.29, 0.717) is 42.7 Å². The molecule has 1 aliphatic rings. The fourth-order valence-corrected chi connectivity index (χ4v) is 4.58. The van der Waals surface area contributed by atoms with Crippen molar-refractivity contribution in [2.45, 2.75) is 30.7 Å². The molecule has 0 bridgehead atoms. The van der Waals surface area contributed by atoms with Crippen LogP contribution >= 0.6 is 11.8 Å². The summed E-state index contributed by atoms with van der Waals surface area (Å²) in [6.07, 6.45) is 3.14. The molecule has 2 aromatic carbocycles. The number of likely N-dealkylation sites (N-methyl/N-ethyl adjacent to an activating group) is 1. The van der Waals surface area contributed by atoms with Crippen LogP contribution in [-0.4, -0.2) is 55.0 Å². The van der Waals surface area contributed by atoms with Crippen LogP contribution in [0.15, 0.2) is 66.0 Å². The number of ether oxygens (including phenoxy) is 2. The summed E-state index contributed by atoms with van der Waals surface area (Å²) in [5.41, 5.74) is 7.56. The highest BCUT2D eigenvalue weighted by atomic mass is 32.2. The number of hydrogen-bond acceptors (Lipinski definition) is 8. The molecule has 0 aliphatic carbocycles. The van der Waals surface area contributed by atoms with Crippen molar-refractivity contribution in [3.05, 3.63) is 77.5 Å². The maximum atomic E-state index is 13.5. The van der Waals surface area contributed by atoms with Gasteiger partial charge in [-0.05, 0) is 36.4 Å². The van der Waals surface area contributed by atoms with Crippen LogP contribution in [0.25, 0.3) is 0 Å². The summed E-state index contributed by atoms with van der Waals surface area (Å²) in [5.74, 6) is 0.506. The predicted octanol–water partition coefficient (Wildman–Crippen LogP) is 4.21. The minimum atomic E-state index is -0.812. The van der Waals surface area contributed by atoms with Crippen molar-refractivity contribution < 1.29 is 19.1 Å². The number of hydrogen-bond donors (Lipinski definition) is 1. The van der Waals surface area contributed by atoms with E-state index >= 15 is 0 Å². The minimum absolute atomic E-state index is 0.135. The van der Waals surface area contributed by atoms with Crippen molar-refractivity contribution in [3.8, 4) is 0 Å². The van der Waals surface area contributed by atoms with Gasteiger partial charge in [0.1, 0.15) is 11.4 Å². The van der Waals surface area contributed by atoms with E-state index in [1.807, 2.05) is 79.7 Å². The molecule has 10 heteroatoms. The first-order valence-electron chi connectivity index (χ1n) is 12.0. The number of nitrogens with two attached hydrogens (primary N) is 1. The number of carbonyl (C=O) groups excluding carboxylic acids is 2. The Morgan fingerprint density at radius 2 is 1.95 bits per heavy atom. The molecule has 3 aromatic rings. The average molecular weight is 522 g/mol. The molecule has 0 saturated heterocycles. The van der Waals surface area contributed by atoms with Gasteiger partial charge in [-0.2, -0.15) is 0 Å². The van der Waals surface area contributed by atoms with Crippen LogP contribution in [-0.2, 0) is 21.7 Å². The van der Waals surface area contributed by atoms with Gasteiger partial charge in [0.25, 0.3) is 5.91 Å². The van der Waals surface area contributed by atoms with Gasteiger partial charge >= 0.3 is 6.09 Å². The van der Waals surface area contributed by atoms with E-state index in [9.17, 15) is 9.59 Å². The molecule has 0 spiro atoms. The van der Waals surface area contributed by atoms with Crippen molar-refractivity contribution in [2.75, 3.05) is 42.8 Å². The summed E-state index contributed by atoms with van der Waals surface area (Å²) < 4.78 is 11.4. The van der Waals surface area contributed by atoms with Gasteiger partial charge in [-0.25, -0.2) is 14.8 Å². The number of carbonyl (C=O) groups is 2. The van der Waals surface area contributed by atoms with Crippen molar-refractivity contribution in [1.82, 2.24) is 9.97 Å². The van der Waals surface area contributed by atoms with Crippen LogP contribution in [0.5, 0.6) is 0 Å². The van der Waals surface area contributed by atoms with Gasteiger partial charge in [-0.15, -0.1) is 0 Å². The molecule has 2 N–H and O–H groups in total. The first-order valence-corrected chi connectivity index (χ1v) is 13.2. The van der Waals surface area contributed by atoms with Crippen LogP contribution in [0.3, 0.4) is 0 Å². The standard InChI is InChI=1S/C27H31N5O4S/c1-27(12-15-35-25(28)34,20-9-5-4-6-10-20)36-18-19-8-7-11-21(16-19)32-14-13-31(2)23-22(24(32)33)17-29-26(30-23)37-3/h4-11,16-17H,12-15,18H2,1-3H3,(H2,28,34)/t27-/m0/s1. The van der Waals surface area contributed by atoms with E-state index in [-0.39, 0.29) is 12.5 Å². The fraction of sp³-hybridized carbons (Fsp3) is 0.333. The molecule has 1 aromatic heterocycles. The second-order valence-corrected chi connectivity index (χ2v) is 9.72. The van der Waals surface area contributed by atoms with Gasteiger partial charge in [0, 0.05) is 38.4 Å². The van der Waals surface area contributed by atoms with Gasteiger partial charge in [0.15, 0.2) is 5.16 Å². The highest BCUT2D eigenvalue weighted by Crippen LogP contribution is 2.32. The zero-order chi connectivity index (χ0) is 26.4. The van der Waals surface area contributed by atoms with E-state index in [2.05, 4.69) is 9.97 Å². The van der Waals surface area contributed by atoms with Gasteiger partial charge in [-0.3, -0.25) is 4.79 Å². The van der Waals surface area contributed by atoms with Crippen molar-refractivity contribution >= 4 is 35.3 Å². The first-order chi connectivity index (χ1) is 17.8. The summed E-state index contributed by atoms with van der Waals surface area (Å²) in [7, 11) is 1.93. The third-order valence-corrected chi connectivity index (χ3v) is 6.97. The largest absolute Gasteiger partial charge is 0.450 e. The first kappa shape index (κ1) is 26.4. The third-order valence-electron chi connectivity index (χ3n) is 6.41. The molecule has 4 rings (SSSR count). The Balaban J connectivity index is 1.54. The number of fused-ring (bicyclic) bond motifs is 1. The number of amides is 2. The molecule has 9 nitrogen and oxygen atoms in total. The van der Waals surface area contributed by atoms with Crippen molar-refractivity contribution in [1.29, 1.82) is 0 Å². The lowest BCUT2D eigenvalue weighted by Gasteiger charge is -2.31. The van der Waals surface area contributed by atoms with E-state index in [1.54, 1.807) is 11.1 Å². The number of anilines is 2. The zero-order valence-electron chi connectivity index (χ0n) is 21.2. The molecule has 194 valence electrons. The maximum absolute atomic E-state index is 13.5. The van der Waals surface area contributed by atoms with Gasteiger partial charge in [0.05, 0.1) is 18.8 Å². The lowest BCUT2D eigenvalue weighted by molar-refractivity contribution is -0.0629. The Hall–Kier alpha value is -3.63. The lowest BCUT2D eigenvalue weighted by Crippen LogP contribution is -2.33. The van der Waals surface area contributed by atoms with E-state index < -0.39 is 11.7 Å². The number of thioether (sulfide) groups is 1. The third kappa shape index (κ3) is 6.20. The summed E-state index contributed by atoms with van der Waals surface area (Å²) in [5, 5.41) is 0.633. The number of rotatable bonds is 9. The summed E-state index contributed by atoms with van der Waals surface area (Å²) in [6, 6.07) is 17.5. The van der Waals surface area contributed by atoms with Crippen LogP contribution in [0.2, 0.25) is 0 Å². The Morgan fingerprint density at radius 3 is 2.68 bits per heavy atom. The number of primary amides is 1. The van der Waals surface area contributed by atoms with Crippen molar-refractivity contribution in [3.63, 3.8) is 0 Å². The van der Waals surface area contributed by atoms with Gasteiger partial charge in [-0.1, -0.05) is 54.2 Å². The molecular weight excluding hydrogens is 490 g/mol. The molecule has 2 amide bonds. The normalized spacial score (nSPS) is 15.1. The topological polar surface area (TPSA) is 111 Å². The Morgan fingerprint density at radius 1 is 1.16 bits per heavy atom. The van der Waals surface area contributed by atoms with Gasteiger partial charge < -0.3 is 25.0 Å². The molecule has 1 atom stereocenters. The maximum Gasteiger partial charge on any atom is 0.404 e. The molecule has 37 heavy (non-hydrogen) atoms.